The van der Waals surface area contributed by atoms with Crippen LogP contribution in [0.25, 0.3) is 31.2 Å². The van der Waals surface area contributed by atoms with Gasteiger partial charge in [0.1, 0.15) is 17.7 Å². The van der Waals surface area contributed by atoms with Gasteiger partial charge in [-0.25, -0.2) is 24.7 Å². The number of aromatic nitrogens is 6. The van der Waals surface area contributed by atoms with E-state index in [1.54, 1.807) is 37.5 Å². The van der Waals surface area contributed by atoms with Gasteiger partial charge in [-0.05, 0) is 39.5 Å². The highest BCUT2D eigenvalue weighted by Crippen LogP contribution is 2.39. The van der Waals surface area contributed by atoms with Gasteiger partial charge in [0.05, 0.1) is 71.4 Å². The Morgan fingerprint density at radius 2 is 1.39 bits per heavy atom. The predicted molar refractivity (Wildman–Crippen MR) is 183 cm³/mol. The molecule has 2 aliphatic rings. The third-order valence-electron chi connectivity index (χ3n) is 9.09. The minimum Gasteiger partial charge on any atom is -0.453 e. The minimum absolute atomic E-state index is 0.0752. The van der Waals surface area contributed by atoms with Crippen LogP contribution in [-0.4, -0.2) is 110 Å². The molecule has 4 aromatic heterocycles. The number of likely N-dealkylation sites (tertiary alicyclic amines) is 2. The number of thiazole rings is 2. The number of methoxy groups -OCH3 is 3. The molecule has 4 aromatic rings. The van der Waals surface area contributed by atoms with Crippen molar-refractivity contribution in [2.75, 3.05) is 34.4 Å². The van der Waals surface area contributed by atoms with Crippen LogP contribution < -0.4 is 5.32 Å². The van der Waals surface area contributed by atoms with Crippen LogP contribution in [0.4, 0.5) is 4.79 Å². The van der Waals surface area contributed by atoms with Crippen molar-refractivity contribution >= 4 is 40.6 Å². The van der Waals surface area contributed by atoms with Gasteiger partial charge in [0.15, 0.2) is 10.0 Å². The molecule has 0 spiro atoms. The molecule has 5 atom stereocenters. The first-order valence-corrected chi connectivity index (χ1v) is 17.9. The second-order valence-electron chi connectivity index (χ2n) is 12.2. The van der Waals surface area contributed by atoms with Gasteiger partial charge in [-0.2, -0.15) is 0 Å². The van der Waals surface area contributed by atoms with Crippen LogP contribution in [0.5, 0.6) is 0 Å². The zero-order valence-electron chi connectivity index (χ0n) is 28.1. The molecule has 2 fully saturated rings. The van der Waals surface area contributed by atoms with E-state index >= 15 is 0 Å². The van der Waals surface area contributed by atoms with Gasteiger partial charge >= 0.3 is 6.09 Å². The first-order chi connectivity index (χ1) is 23.7. The highest BCUT2D eigenvalue weighted by Gasteiger charge is 2.39. The second-order valence-corrected chi connectivity index (χ2v) is 14.2. The minimum atomic E-state index is -0.898. The molecule has 3 amide bonds. The number of hydrogen-bond donors (Lipinski definition) is 3. The van der Waals surface area contributed by atoms with E-state index < -0.39 is 18.2 Å². The summed E-state index contributed by atoms with van der Waals surface area (Å²) in [4.78, 5) is 69.3. The zero-order valence-corrected chi connectivity index (χ0v) is 29.7. The highest BCUT2D eigenvalue weighted by atomic mass is 32.1. The lowest BCUT2D eigenvalue weighted by atomic mass is 10.1. The molecule has 0 aliphatic carbocycles. The molecule has 6 heterocycles. The van der Waals surface area contributed by atoms with Crippen molar-refractivity contribution in [1.29, 1.82) is 0 Å². The maximum atomic E-state index is 13.6. The average Bonchev–Trinajstić information content (AvgIpc) is 3.95. The number of ether oxygens (including phenoxy) is 3. The topological polar surface area (TPSA) is 181 Å². The fourth-order valence-corrected chi connectivity index (χ4v) is 8.04. The Kier molecular flexibility index (Phi) is 10.7. The van der Waals surface area contributed by atoms with Crippen molar-refractivity contribution in [3.8, 4) is 31.2 Å². The standard InChI is InChI=1S/C32H41N9O6S2/c1-17(45-3)12-25(42)40-10-6-8-21(40)27-33-13-19(37-27)23-15-35-29(48-23)30-36-16-24(49-30)20-14-34-28(38-20)22-9-7-11-41(22)31(43)26(18(2)46-4)39-32(44)47-5/h13-18,21-22,26H,6-12H2,1-5H3,(H,33,37)(H,34,38)(H,39,44)/t17-,18-,21+,22+,26+/m1/s1. The van der Waals surface area contributed by atoms with E-state index in [9.17, 15) is 14.4 Å². The largest absolute Gasteiger partial charge is 0.453 e. The maximum absolute atomic E-state index is 13.6. The Morgan fingerprint density at radius 1 is 0.837 bits per heavy atom. The molecule has 0 unspecified atom stereocenters. The van der Waals surface area contributed by atoms with Crippen molar-refractivity contribution in [1.82, 2.24) is 45.0 Å². The molecule has 0 radical (unpaired) electrons. The first kappa shape index (κ1) is 34.7. The Morgan fingerprint density at radius 3 is 1.92 bits per heavy atom. The van der Waals surface area contributed by atoms with E-state index in [1.165, 1.54) is 36.9 Å². The normalized spacial score (nSPS) is 19.6. The van der Waals surface area contributed by atoms with Crippen LogP contribution >= 0.6 is 22.7 Å². The SMILES string of the molecule is COC(=O)N[C@H](C(=O)N1CCC[C@H]1c1ncc(-c2cnc(-c3ncc(-c4cnc([C@@H]5CCCN5C(=O)C[C@@H](C)OC)[nH]4)s3)s2)[nH]1)[C@@H](C)OC. The fraction of sp³-hybridized carbons (Fsp3) is 0.531. The number of carbonyl (C=O) groups excluding carboxylic acids is 3. The van der Waals surface area contributed by atoms with Crippen molar-refractivity contribution in [2.45, 2.75) is 76.3 Å². The van der Waals surface area contributed by atoms with Crippen LogP contribution in [0.3, 0.4) is 0 Å². The maximum Gasteiger partial charge on any atom is 0.407 e. The van der Waals surface area contributed by atoms with E-state index in [2.05, 4.69) is 35.2 Å². The molecule has 262 valence electrons. The summed E-state index contributed by atoms with van der Waals surface area (Å²) in [6.45, 7) is 4.88. The number of alkyl carbamates (subject to hydrolysis) is 1. The summed E-state index contributed by atoms with van der Waals surface area (Å²) < 4.78 is 15.4. The highest BCUT2D eigenvalue weighted by molar-refractivity contribution is 7.24. The van der Waals surface area contributed by atoms with Gasteiger partial charge in [-0.3, -0.25) is 9.59 Å². The Bertz CT molecular complexity index is 1770. The van der Waals surface area contributed by atoms with Crippen molar-refractivity contribution < 1.29 is 28.6 Å². The van der Waals surface area contributed by atoms with Gasteiger partial charge in [0, 0.05) is 39.7 Å². The molecule has 0 saturated carbocycles. The van der Waals surface area contributed by atoms with Crippen molar-refractivity contribution in [3.05, 3.63) is 36.4 Å². The number of carbonyl (C=O) groups is 3. The quantitative estimate of drug-likeness (QED) is 0.189. The smallest absolute Gasteiger partial charge is 0.407 e. The summed E-state index contributed by atoms with van der Waals surface area (Å²) >= 11 is 3.01. The zero-order chi connectivity index (χ0) is 34.7. The van der Waals surface area contributed by atoms with Gasteiger partial charge in [0.2, 0.25) is 11.8 Å². The number of H-pyrrole nitrogens is 2. The van der Waals surface area contributed by atoms with E-state index in [1.807, 2.05) is 18.0 Å². The van der Waals surface area contributed by atoms with E-state index in [4.69, 9.17) is 14.2 Å². The summed E-state index contributed by atoms with van der Waals surface area (Å²) in [6.07, 6.45) is 9.44. The third-order valence-corrected chi connectivity index (χ3v) is 11.3. The predicted octanol–water partition coefficient (Wildman–Crippen LogP) is 4.56. The van der Waals surface area contributed by atoms with Crippen LogP contribution in [0.15, 0.2) is 24.8 Å². The first-order valence-electron chi connectivity index (χ1n) is 16.2. The van der Waals surface area contributed by atoms with Crippen LogP contribution in [0.2, 0.25) is 0 Å². The van der Waals surface area contributed by atoms with Crippen molar-refractivity contribution in [2.24, 2.45) is 0 Å². The lowest BCUT2D eigenvalue weighted by Crippen LogP contribution is -2.54. The molecule has 2 aliphatic heterocycles. The number of rotatable bonds is 12. The summed E-state index contributed by atoms with van der Waals surface area (Å²) in [6, 6.07) is -1.26. The summed E-state index contributed by atoms with van der Waals surface area (Å²) in [5, 5.41) is 4.16. The number of nitrogens with zero attached hydrogens (tertiary/aromatic N) is 6. The van der Waals surface area contributed by atoms with Crippen molar-refractivity contribution in [3.63, 3.8) is 0 Å². The average molecular weight is 712 g/mol. The van der Waals surface area contributed by atoms with Gasteiger partial charge in [0.25, 0.3) is 0 Å². The Balaban J connectivity index is 1.13. The molecule has 6 rings (SSSR count). The molecule has 2 saturated heterocycles. The lowest BCUT2D eigenvalue weighted by Gasteiger charge is -2.30. The number of nitrogens with one attached hydrogen (secondary N) is 3. The van der Waals surface area contributed by atoms with Gasteiger partial charge in [-0.1, -0.05) is 0 Å². The number of imidazole rings is 2. The lowest BCUT2D eigenvalue weighted by molar-refractivity contribution is -0.137. The molecule has 0 bridgehead atoms. The van der Waals surface area contributed by atoms with Crippen LogP contribution in [0, 0.1) is 0 Å². The number of amides is 3. The van der Waals surface area contributed by atoms with E-state index in [0.717, 1.165) is 62.7 Å². The molecule has 17 heteroatoms. The van der Waals surface area contributed by atoms with Gasteiger partial charge < -0.3 is 39.3 Å². The summed E-state index contributed by atoms with van der Waals surface area (Å²) in [5.74, 6) is 1.26. The molecular formula is C32H41N9O6S2. The molecule has 0 aromatic carbocycles. The molecule has 15 nitrogen and oxygen atoms in total. The van der Waals surface area contributed by atoms with E-state index in [0.29, 0.717) is 25.3 Å². The second kappa shape index (κ2) is 15.1. The molecule has 3 N–H and O–H groups in total. The third kappa shape index (κ3) is 7.39. The van der Waals surface area contributed by atoms with Crippen LogP contribution in [-0.2, 0) is 23.8 Å². The Labute approximate surface area is 291 Å². The Hall–Kier alpha value is -4.19. The fourth-order valence-electron chi connectivity index (χ4n) is 6.25. The molecular weight excluding hydrogens is 671 g/mol. The number of aromatic amines is 2. The summed E-state index contributed by atoms with van der Waals surface area (Å²) in [7, 11) is 4.37. The number of hydrogen-bond acceptors (Lipinski definition) is 12. The van der Waals surface area contributed by atoms with E-state index in [-0.39, 0.29) is 30.0 Å². The monoisotopic (exact) mass is 711 g/mol. The van der Waals surface area contributed by atoms with Gasteiger partial charge in [-0.15, -0.1) is 22.7 Å². The van der Waals surface area contributed by atoms with Crippen LogP contribution in [0.1, 0.15) is 69.7 Å². The molecule has 49 heavy (non-hydrogen) atoms. The summed E-state index contributed by atoms with van der Waals surface area (Å²) in [5.41, 5.74) is 1.64.